The zero-order chi connectivity index (χ0) is 9.03. The minimum atomic E-state index is -1.27. The molecule has 3 nitrogen and oxygen atoms in total. The molecule has 0 aromatic heterocycles. The smallest absolute Gasteiger partial charge is 0.222 e. The van der Waals surface area contributed by atoms with E-state index in [4.69, 9.17) is 0 Å². The van der Waals surface area contributed by atoms with Gasteiger partial charge in [-0.15, -0.1) is 0 Å². The molecule has 0 aromatic carbocycles. The molecule has 0 bridgehead atoms. The summed E-state index contributed by atoms with van der Waals surface area (Å²) in [6.45, 7) is 1.35. The van der Waals surface area contributed by atoms with Crippen LogP contribution in [0.3, 0.4) is 0 Å². The predicted octanol–water partition coefficient (Wildman–Crippen LogP) is 0.214. The maximum absolute atomic E-state index is 13.7. The maximum atomic E-state index is 13.7. The molecule has 1 saturated heterocycles. The minimum absolute atomic E-state index is 0.00514. The lowest BCUT2D eigenvalue weighted by Gasteiger charge is -2.29. The molecule has 1 aliphatic rings. The van der Waals surface area contributed by atoms with Crippen LogP contribution in [0.4, 0.5) is 4.39 Å². The number of carbonyl (C=O) groups excluding carboxylic acids is 1. The molecule has 0 spiro atoms. The molecule has 4 heteroatoms. The average molecular weight is 174 g/mol. The SMILES string of the molecule is CNC(=O)CC1(F)CCNCC1. The largest absolute Gasteiger partial charge is 0.359 e. The quantitative estimate of drug-likeness (QED) is 0.628. The first kappa shape index (κ1) is 9.45. The first-order valence-electron chi connectivity index (χ1n) is 4.26. The lowest BCUT2D eigenvalue weighted by atomic mass is 9.91. The number of hydrogen-bond donors (Lipinski definition) is 2. The summed E-state index contributed by atoms with van der Waals surface area (Å²) in [5.74, 6) is -0.209. The summed E-state index contributed by atoms with van der Waals surface area (Å²) in [6.07, 6.45) is 0.895. The van der Waals surface area contributed by atoms with Gasteiger partial charge in [-0.2, -0.15) is 0 Å². The van der Waals surface area contributed by atoms with Crippen LogP contribution in [-0.2, 0) is 4.79 Å². The molecule has 0 aromatic rings. The van der Waals surface area contributed by atoms with Crippen LogP contribution in [0.15, 0.2) is 0 Å². The van der Waals surface area contributed by atoms with Gasteiger partial charge in [-0.25, -0.2) is 4.39 Å². The van der Waals surface area contributed by atoms with E-state index in [0.717, 1.165) is 0 Å². The number of amides is 1. The van der Waals surface area contributed by atoms with Crippen LogP contribution in [0.25, 0.3) is 0 Å². The third-order valence-corrected chi connectivity index (χ3v) is 2.26. The Bertz CT molecular complexity index is 166. The van der Waals surface area contributed by atoms with Crippen molar-refractivity contribution in [2.75, 3.05) is 20.1 Å². The molecule has 0 atom stereocenters. The number of piperidine rings is 1. The Morgan fingerprint density at radius 3 is 2.67 bits per heavy atom. The normalized spacial score (nSPS) is 21.8. The highest BCUT2D eigenvalue weighted by molar-refractivity contribution is 5.76. The van der Waals surface area contributed by atoms with Gasteiger partial charge in [-0.1, -0.05) is 0 Å². The van der Waals surface area contributed by atoms with E-state index in [9.17, 15) is 9.18 Å². The summed E-state index contributed by atoms with van der Waals surface area (Å²) < 4.78 is 13.7. The van der Waals surface area contributed by atoms with Gasteiger partial charge < -0.3 is 10.6 Å². The van der Waals surface area contributed by atoms with Crippen molar-refractivity contribution in [1.29, 1.82) is 0 Å². The number of hydrogen-bond acceptors (Lipinski definition) is 2. The molecule has 0 aliphatic carbocycles. The van der Waals surface area contributed by atoms with Crippen molar-refractivity contribution in [1.82, 2.24) is 10.6 Å². The molecule has 1 rings (SSSR count). The fourth-order valence-corrected chi connectivity index (χ4v) is 1.43. The number of rotatable bonds is 2. The zero-order valence-corrected chi connectivity index (χ0v) is 7.32. The van der Waals surface area contributed by atoms with E-state index in [1.54, 1.807) is 0 Å². The van der Waals surface area contributed by atoms with Gasteiger partial charge in [0.15, 0.2) is 0 Å². The van der Waals surface area contributed by atoms with Crippen LogP contribution in [-0.4, -0.2) is 31.7 Å². The van der Waals surface area contributed by atoms with Gasteiger partial charge in [0.25, 0.3) is 0 Å². The first-order chi connectivity index (χ1) is 5.66. The Kier molecular flexibility index (Phi) is 3.03. The molecule has 12 heavy (non-hydrogen) atoms. The minimum Gasteiger partial charge on any atom is -0.359 e. The summed E-state index contributed by atoms with van der Waals surface area (Å²) in [6, 6.07) is 0. The van der Waals surface area contributed by atoms with E-state index >= 15 is 0 Å². The molecule has 0 unspecified atom stereocenters. The van der Waals surface area contributed by atoms with E-state index in [-0.39, 0.29) is 12.3 Å². The average Bonchev–Trinajstić information content (AvgIpc) is 2.05. The van der Waals surface area contributed by atoms with Crippen molar-refractivity contribution < 1.29 is 9.18 Å². The first-order valence-corrected chi connectivity index (χ1v) is 4.26. The van der Waals surface area contributed by atoms with Crippen molar-refractivity contribution in [3.63, 3.8) is 0 Å². The second-order valence-corrected chi connectivity index (χ2v) is 3.25. The summed E-state index contributed by atoms with van der Waals surface area (Å²) >= 11 is 0. The summed E-state index contributed by atoms with van der Waals surface area (Å²) in [5.41, 5.74) is -1.27. The molecule has 1 fully saturated rings. The van der Waals surface area contributed by atoms with E-state index in [1.165, 1.54) is 7.05 Å². The van der Waals surface area contributed by atoms with E-state index in [1.807, 2.05) is 0 Å². The van der Waals surface area contributed by atoms with Gasteiger partial charge in [0.2, 0.25) is 5.91 Å². The Morgan fingerprint density at radius 1 is 1.58 bits per heavy atom. The van der Waals surface area contributed by atoms with Gasteiger partial charge in [-0.05, 0) is 25.9 Å². The molecular weight excluding hydrogens is 159 g/mol. The van der Waals surface area contributed by atoms with Gasteiger partial charge in [0, 0.05) is 7.05 Å². The van der Waals surface area contributed by atoms with Gasteiger partial charge in [-0.3, -0.25) is 4.79 Å². The number of carbonyl (C=O) groups is 1. The topological polar surface area (TPSA) is 41.1 Å². The van der Waals surface area contributed by atoms with Gasteiger partial charge in [0.1, 0.15) is 5.67 Å². The number of alkyl halides is 1. The monoisotopic (exact) mass is 174 g/mol. The summed E-state index contributed by atoms with van der Waals surface area (Å²) in [5, 5.41) is 5.50. The third kappa shape index (κ3) is 2.44. The molecular formula is C8H15FN2O. The fraction of sp³-hybridized carbons (Fsp3) is 0.875. The van der Waals surface area contributed by atoms with Crippen molar-refractivity contribution in [3.8, 4) is 0 Å². The van der Waals surface area contributed by atoms with Crippen LogP contribution in [0, 0.1) is 0 Å². The van der Waals surface area contributed by atoms with Crippen LogP contribution >= 0.6 is 0 Å². The Morgan fingerprint density at radius 2 is 2.17 bits per heavy atom. The zero-order valence-electron chi connectivity index (χ0n) is 7.32. The highest BCUT2D eigenvalue weighted by atomic mass is 19.1. The van der Waals surface area contributed by atoms with Gasteiger partial charge >= 0.3 is 0 Å². The predicted molar refractivity (Wildman–Crippen MR) is 44.6 cm³/mol. The Labute approximate surface area is 71.7 Å². The molecule has 1 aliphatic heterocycles. The molecule has 70 valence electrons. The van der Waals surface area contributed by atoms with Crippen LogP contribution in [0.1, 0.15) is 19.3 Å². The Hall–Kier alpha value is -0.640. The molecule has 1 heterocycles. The second kappa shape index (κ2) is 3.85. The lowest BCUT2D eigenvalue weighted by molar-refractivity contribution is -0.123. The highest BCUT2D eigenvalue weighted by Gasteiger charge is 2.33. The third-order valence-electron chi connectivity index (χ3n) is 2.26. The molecule has 0 radical (unpaired) electrons. The standard InChI is InChI=1S/C8H15FN2O/c1-10-7(12)6-8(9)2-4-11-5-3-8/h11H,2-6H2,1H3,(H,10,12). The summed E-state index contributed by atoms with van der Waals surface area (Å²) in [4.78, 5) is 10.9. The van der Waals surface area contributed by atoms with Crippen molar-refractivity contribution in [3.05, 3.63) is 0 Å². The fourth-order valence-electron chi connectivity index (χ4n) is 1.43. The maximum Gasteiger partial charge on any atom is 0.222 e. The number of halogens is 1. The van der Waals surface area contributed by atoms with Gasteiger partial charge in [0.05, 0.1) is 6.42 Å². The highest BCUT2D eigenvalue weighted by Crippen LogP contribution is 2.26. The molecule has 0 saturated carbocycles. The summed E-state index contributed by atoms with van der Waals surface area (Å²) in [7, 11) is 1.53. The van der Waals surface area contributed by atoms with E-state index in [2.05, 4.69) is 10.6 Å². The van der Waals surface area contributed by atoms with Crippen molar-refractivity contribution in [2.45, 2.75) is 24.9 Å². The number of nitrogens with one attached hydrogen (secondary N) is 2. The van der Waals surface area contributed by atoms with Crippen LogP contribution in [0.5, 0.6) is 0 Å². The second-order valence-electron chi connectivity index (χ2n) is 3.25. The molecule has 1 amide bonds. The lowest BCUT2D eigenvalue weighted by Crippen LogP contribution is -2.41. The van der Waals surface area contributed by atoms with Crippen molar-refractivity contribution >= 4 is 5.91 Å². The van der Waals surface area contributed by atoms with Crippen LogP contribution < -0.4 is 10.6 Å². The van der Waals surface area contributed by atoms with E-state index < -0.39 is 5.67 Å². The molecule has 2 N–H and O–H groups in total. The van der Waals surface area contributed by atoms with Crippen LogP contribution in [0.2, 0.25) is 0 Å². The Balaban J connectivity index is 2.41. The van der Waals surface area contributed by atoms with E-state index in [0.29, 0.717) is 25.9 Å². The van der Waals surface area contributed by atoms with Crippen molar-refractivity contribution in [2.24, 2.45) is 0 Å².